The maximum absolute atomic E-state index is 13.3. The fraction of sp³-hybridized carbons (Fsp3) is 0.350. The molecule has 0 saturated heterocycles. The molecule has 3 nitrogen and oxygen atoms in total. The zero-order chi connectivity index (χ0) is 18.7. The van der Waals surface area contributed by atoms with Crippen molar-refractivity contribution < 1.29 is 9.36 Å². The van der Waals surface area contributed by atoms with E-state index in [2.05, 4.69) is 11.1 Å². The Bertz CT molecular complexity index is 867. The Morgan fingerprint density at radius 3 is 2.65 bits per heavy atom. The van der Waals surface area contributed by atoms with Gasteiger partial charge in [-0.1, -0.05) is 23.2 Å². The summed E-state index contributed by atoms with van der Waals surface area (Å²) in [5.41, 5.74) is 3.03. The van der Waals surface area contributed by atoms with Gasteiger partial charge >= 0.3 is 0 Å². The third kappa shape index (κ3) is 4.08. The van der Waals surface area contributed by atoms with E-state index in [0.29, 0.717) is 27.2 Å². The van der Waals surface area contributed by atoms with Crippen molar-refractivity contribution in [2.45, 2.75) is 38.6 Å². The quantitative estimate of drug-likeness (QED) is 0.240. The molecular formula is C20H20Cl2N2OS. The van der Waals surface area contributed by atoms with Gasteiger partial charge in [-0.25, -0.2) is 0 Å². The number of carbonyl (C=O) groups excluding carboxylic acids is 1. The topological polar surface area (TPSA) is 33.3 Å². The Labute approximate surface area is 169 Å². The van der Waals surface area contributed by atoms with Crippen LogP contribution in [0.2, 0.25) is 10.0 Å². The standard InChI is InChI=1S/C20H20Cl2N2OS/c1-2-23-20(26)18(19(25)16-8-7-15(21)11-17(16)22)24-10-9-13-5-3-4-6-14(13)12-24/h7-12,18H,2-6H2,1H3. The van der Waals surface area contributed by atoms with E-state index >= 15 is 0 Å². The molecule has 0 fully saturated rings. The number of carbonyl (C=O) groups is 1. The molecule has 0 radical (unpaired) electrons. The van der Waals surface area contributed by atoms with Crippen LogP contribution in [0.1, 0.15) is 47.3 Å². The number of ketones is 1. The minimum absolute atomic E-state index is 0.172. The van der Waals surface area contributed by atoms with Gasteiger partial charge in [-0.05, 0) is 61.4 Å². The fourth-order valence-electron chi connectivity index (χ4n) is 3.30. The Kier molecular flexibility index (Phi) is 6.28. The summed E-state index contributed by atoms with van der Waals surface area (Å²) in [5.74, 6) is -0.172. The summed E-state index contributed by atoms with van der Waals surface area (Å²) < 4.78 is 1.87. The largest absolute Gasteiger partial charge is 0.758 e. The van der Waals surface area contributed by atoms with Crippen LogP contribution >= 0.6 is 23.2 Å². The number of halogens is 2. The minimum atomic E-state index is -0.684. The normalized spacial score (nSPS) is 15.4. The molecule has 0 bridgehead atoms. The van der Waals surface area contributed by atoms with E-state index in [-0.39, 0.29) is 5.78 Å². The van der Waals surface area contributed by atoms with Gasteiger partial charge in [0.2, 0.25) is 11.8 Å². The number of pyridine rings is 1. The van der Waals surface area contributed by atoms with Crippen LogP contribution in [-0.2, 0) is 25.5 Å². The molecule has 1 aromatic carbocycles. The first-order chi connectivity index (χ1) is 12.5. The highest BCUT2D eigenvalue weighted by Gasteiger charge is 2.30. The third-order valence-corrected chi connectivity index (χ3v) is 5.50. The number of aryl methyl sites for hydroxylation is 2. The predicted octanol–water partition coefficient (Wildman–Crippen LogP) is 4.55. The van der Waals surface area contributed by atoms with E-state index in [9.17, 15) is 4.79 Å². The molecule has 1 atom stereocenters. The number of aliphatic imine (C=N–C) groups is 1. The summed E-state index contributed by atoms with van der Waals surface area (Å²) >= 11 is 17.7. The first-order valence-corrected chi connectivity index (χ1v) is 9.91. The van der Waals surface area contributed by atoms with Crippen LogP contribution in [0, 0.1) is 0 Å². The lowest BCUT2D eigenvalue weighted by atomic mass is 9.93. The van der Waals surface area contributed by atoms with Crippen LogP contribution < -0.4 is 4.57 Å². The number of hydrogen-bond donors (Lipinski definition) is 0. The number of Topliss-reactive ketones (excluding diaryl/α,β-unsaturated/α-hetero) is 1. The molecule has 1 aliphatic rings. The molecule has 1 heterocycles. The lowest BCUT2D eigenvalue weighted by Crippen LogP contribution is -2.48. The van der Waals surface area contributed by atoms with Gasteiger partial charge in [-0.3, -0.25) is 4.79 Å². The number of aromatic nitrogens is 1. The molecule has 1 aromatic heterocycles. The monoisotopic (exact) mass is 406 g/mol. The van der Waals surface area contributed by atoms with E-state index in [1.165, 1.54) is 24.0 Å². The van der Waals surface area contributed by atoms with Gasteiger partial charge in [0.05, 0.1) is 5.02 Å². The summed E-state index contributed by atoms with van der Waals surface area (Å²) in [6, 6.07) is 6.29. The van der Waals surface area contributed by atoms with Crippen LogP contribution in [0.15, 0.2) is 41.7 Å². The van der Waals surface area contributed by atoms with Crippen LogP contribution in [0.3, 0.4) is 0 Å². The van der Waals surface area contributed by atoms with Crippen molar-refractivity contribution in [2.75, 3.05) is 6.54 Å². The molecule has 0 amide bonds. The van der Waals surface area contributed by atoms with Gasteiger partial charge in [0, 0.05) is 28.8 Å². The van der Waals surface area contributed by atoms with Gasteiger partial charge in [-0.15, -0.1) is 0 Å². The second-order valence-corrected chi connectivity index (χ2v) is 7.62. The van der Waals surface area contributed by atoms with Crippen molar-refractivity contribution >= 4 is 46.7 Å². The average Bonchev–Trinajstić information content (AvgIpc) is 2.62. The first-order valence-electron chi connectivity index (χ1n) is 8.74. The zero-order valence-corrected chi connectivity index (χ0v) is 16.9. The number of benzene rings is 1. The van der Waals surface area contributed by atoms with Gasteiger partial charge < -0.3 is 17.6 Å². The SMILES string of the molecule is CCN=C([S-])C(C(=O)c1ccc(Cl)cc1Cl)[n+]1ccc2c(c1)CCCC2. The summed E-state index contributed by atoms with van der Waals surface area (Å²) in [6.45, 7) is 2.43. The first kappa shape index (κ1) is 19.3. The molecule has 136 valence electrons. The molecule has 0 N–H and O–H groups in total. The fourth-order valence-corrected chi connectivity index (χ4v) is 4.16. The summed E-state index contributed by atoms with van der Waals surface area (Å²) in [4.78, 5) is 17.6. The van der Waals surface area contributed by atoms with Crippen molar-refractivity contribution in [2.24, 2.45) is 4.99 Å². The Morgan fingerprint density at radius 1 is 1.23 bits per heavy atom. The molecule has 0 aliphatic heterocycles. The summed E-state index contributed by atoms with van der Waals surface area (Å²) in [6.07, 6.45) is 8.45. The maximum Gasteiger partial charge on any atom is 0.237 e. The highest BCUT2D eigenvalue weighted by molar-refractivity contribution is 7.77. The molecule has 1 unspecified atom stereocenters. The Balaban J connectivity index is 2.05. The number of rotatable bonds is 5. The lowest BCUT2D eigenvalue weighted by molar-refractivity contribution is -0.692. The van der Waals surface area contributed by atoms with Crippen LogP contribution in [0.4, 0.5) is 0 Å². The molecule has 2 aromatic rings. The Hall–Kier alpha value is -1.49. The van der Waals surface area contributed by atoms with Crippen LogP contribution in [0.5, 0.6) is 0 Å². The van der Waals surface area contributed by atoms with Crippen molar-refractivity contribution in [3.63, 3.8) is 0 Å². The van der Waals surface area contributed by atoms with Gasteiger partial charge in [0.1, 0.15) is 0 Å². The van der Waals surface area contributed by atoms with E-state index in [1.54, 1.807) is 18.2 Å². The van der Waals surface area contributed by atoms with Crippen LogP contribution in [-0.4, -0.2) is 17.4 Å². The zero-order valence-electron chi connectivity index (χ0n) is 14.5. The summed E-state index contributed by atoms with van der Waals surface area (Å²) in [7, 11) is 0. The van der Waals surface area contributed by atoms with Crippen molar-refractivity contribution in [3.8, 4) is 0 Å². The minimum Gasteiger partial charge on any atom is -0.758 e. The average molecular weight is 407 g/mol. The van der Waals surface area contributed by atoms with E-state index < -0.39 is 6.04 Å². The second kappa shape index (κ2) is 8.47. The third-order valence-electron chi connectivity index (χ3n) is 4.60. The smallest absolute Gasteiger partial charge is 0.237 e. The molecular weight excluding hydrogens is 387 g/mol. The predicted molar refractivity (Wildman–Crippen MR) is 108 cm³/mol. The van der Waals surface area contributed by atoms with Gasteiger partial charge in [-0.2, -0.15) is 4.57 Å². The molecule has 6 heteroatoms. The highest BCUT2D eigenvalue weighted by atomic mass is 35.5. The maximum atomic E-state index is 13.3. The van der Waals surface area contributed by atoms with E-state index in [1.807, 2.05) is 23.9 Å². The van der Waals surface area contributed by atoms with Gasteiger partial charge in [0.25, 0.3) is 0 Å². The summed E-state index contributed by atoms with van der Waals surface area (Å²) in [5, 5.41) is 1.18. The Morgan fingerprint density at radius 2 is 1.96 bits per heavy atom. The molecule has 26 heavy (non-hydrogen) atoms. The highest BCUT2D eigenvalue weighted by Crippen LogP contribution is 2.25. The molecule has 0 saturated carbocycles. The second-order valence-electron chi connectivity index (χ2n) is 6.35. The van der Waals surface area contributed by atoms with Crippen molar-refractivity contribution in [1.82, 2.24) is 0 Å². The number of hydrogen-bond acceptors (Lipinski definition) is 3. The molecule has 3 rings (SSSR count). The van der Waals surface area contributed by atoms with Gasteiger partial charge in [0.15, 0.2) is 12.4 Å². The lowest BCUT2D eigenvalue weighted by Gasteiger charge is -2.21. The van der Waals surface area contributed by atoms with Crippen LogP contribution in [0.25, 0.3) is 0 Å². The molecule has 0 spiro atoms. The van der Waals surface area contributed by atoms with Crippen molar-refractivity contribution in [3.05, 3.63) is 63.4 Å². The van der Waals surface area contributed by atoms with E-state index in [4.69, 9.17) is 35.8 Å². The number of fused-ring (bicyclic) bond motifs is 1. The van der Waals surface area contributed by atoms with E-state index in [0.717, 1.165) is 12.8 Å². The van der Waals surface area contributed by atoms with Crippen molar-refractivity contribution in [1.29, 1.82) is 0 Å². The molecule has 1 aliphatic carbocycles. The number of nitrogens with zero attached hydrogens (tertiary/aromatic N) is 2.